The van der Waals surface area contributed by atoms with Crippen LogP contribution < -0.4 is 10.1 Å². The average molecular weight is 452 g/mol. The van der Waals surface area contributed by atoms with Gasteiger partial charge < -0.3 is 10.1 Å². The predicted molar refractivity (Wildman–Crippen MR) is 119 cm³/mol. The number of hydrogen-bond acceptors (Lipinski definition) is 6. The molecule has 0 amide bonds. The summed E-state index contributed by atoms with van der Waals surface area (Å²) in [6, 6.07) is 12.7. The van der Waals surface area contributed by atoms with Crippen molar-refractivity contribution in [2.45, 2.75) is 42.9 Å². The molecule has 0 unspecified atom stereocenters. The predicted octanol–water partition coefficient (Wildman–Crippen LogP) is 2.47. The molecule has 0 radical (unpaired) electrons. The van der Waals surface area contributed by atoms with Crippen LogP contribution in [0.15, 0.2) is 47.4 Å². The Hall–Kier alpha value is -1.90. The lowest BCUT2D eigenvalue weighted by Gasteiger charge is -2.21. The van der Waals surface area contributed by atoms with E-state index >= 15 is 0 Å². The fourth-order valence-electron chi connectivity index (χ4n) is 3.99. The summed E-state index contributed by atoms with van der Waals surface area (Å²) in [6.07, 6.45) is 1.65. The lowest BCUT2D eigenvalue weighted by Crippen LogP contribution is -2.44. The normalized spacial score (nSPS) is 20.9. The SMILES string of the molecule is COc1cc(C)c(S(=O)(=O)[C@H]2CS(=O)(=O)C[C@@H]2NCCCc2ccccc2)cc1C. The van der Waals surface area contributed by atoms with Crippen molar-refractivity contribution in [3.8, 4) is 5.75 Å². The molecule has 0 spiro atoms. The van der Waals surface area contributed by atoms with Crippen LogP contribution in [0.25, 0.3) is 0 Å². The summed E-state index contributed by atoms with van der Waals surface area (Å²) in [5.74, 6) is 0.105. The standard InChI is InChI=1S/C22H29NO5S2/c1-16-13-21(17(2)12-20(16)28-3)30(26,27)22-15-29(24,25)14-19(22)23-11-7-10-18-8-5-4-6-9-18/h4-6,8-9,12-13,19,22-23H,7,10-11,14-15H2,1-3H3/t19-,22-/m0/s1. The number of rotatable bonds is 8. The first kappa shape index (κ1) is 22.8. The second-order valence-electron chi connectivity index (χ2n) is 7.90. The smallest absolute Gasteiger partial charge is 0.184 e. The minimum atomic E-state index is -3.82. The zero-order chi connectivity index (χ0) is 21.9. The highest BCUT2D eigenvalue weighted by molar-refractivity contribution is 7.96. The summed E-state index contributed by atoms with van der Waals surface area (Å²) in [5.41, 5.74) is 2.46. The van der Waals surface area contributed by atoms with E-state index in [0.717, 1.165) is 12.8 Å². The molecule has 1 saturated heterocycles. The zero-order valence-electron chi connectivity index (χ0n) is 17.6. The Balaban J connectivity index is 1.77. The van der Waals surface area contributed by atoms with E-state index in [1.807, 2.05) is 30.3 Å². The van der Waals surface area contributed by atoms with Crippen LogP contribution in [-0.4, -0.2) is 53.3 Å². The van der Waals surface area contributed by atoms with Crippen molar-refractivity contribution in [2.75, 3.05) is 25.2 Å². The Morgan fingerprint density at radius 1 is 1.07 bits per heavy atom. The van der Waals surface area contributed by atoms with Gasteiger partial charge >= 0.3 is 0 Å². The molecule has 2 aromatic rings. The molecular weight excluding hydrogens is 422 g/mol. The molecule has 1 heterocycles. The molecule has 1 aliphatic rings. The molecular formula is C22H29NO5S2. The molecule has 2 atom stereocenters. The first-order valence-corrected chi connectivity index (χ1v) is 13.4. The number of benzene rings is 2. The molecule has 8 heteroatoms. The van der Waals surface area contributed by atoms with Crippen LogP contribution in [-0.2, 0) is 26.1 Å². The maximum atomic E-state index is 13.4. The highest BCUT2D eigenvalue weighted by Crippen LogP contribution is 2.31. The van der Waals surface area contributed by atoms with Gasteiger partial charge in [-0.3, -0.25) is 0 Å². The van der Waals surface area contributed by atoms with Gasteiger partial charge in [-0.1, -0.05) is 30.3 Å². The Bertz CT molecular complexity index is 1100. The maximum Gasteiger partial charge on any atom is 0.184 e. The summed E-state index contributed by atoms with van der Waals surface area (Å²) in [7, 11) is -5.71. The van der Waals surface area contributed by atoms with Crippen molar-refractivity contribution in [1.82, 2.24) is 5.32 Å². The summed E-state index contributed by atoms with van der Waals surface area (Å²) in [6.45, 7) is 4.05. The molecule has 6 nitrogen and oxygen atoms in total. The molecule has 30 heavy (non-hydrogen) atoms. The molecule has 1 fully saturated rings. The van der Waals surface area contributed by atoms with Crippen LogP contribution in [0.1, 0.15) is 23.1 Å². The largest absolute Gasteiger partial charge is 0.496 e. The van der Waals surface area contributed by atoms with E-state index < -0.39 is 31.0 Å². The Morgan fingerprint density at radius 3 is 2.43 bits per heavy atom. The monoisotopic (exact) mass is 451 g/mol. The van der Waals surface area contributed by atoms with Crippen molar-refractivity contribution in [3.05, 3.63) is 59.2 Å². The minimum absolute atomic E-state index is 0.156. The van der Waals surface area contributed by atoms with Crippen molar-refractivity contribution >= 4 is 19.7 Å². The van der Waals surface area contributed by atoms with E-state index in [9.17, 15) is 16.8 Å². The summed E-state index contributed by atoms with van der Waals surface area (Å²) in [5, 5.41) is 2.21. The third-order valence-electron chi connectivity index (χ3n) is 5.59. The topological polar surface area (TPSA) is 89.5 Å². The number of hydrogen-bond donors (Lipinski definition) is 1. The van der Waals surface area contributed by atoms with E-state index in [-0.39, 0.29) is 16.4 Å². The fraction of sp³-hybridized carbons (Fsp3) is 0.455. The molecule has 2 aromatic carbocycles. The van der Waals surface area contributed by atoms with Gasteiger partial charge in [0.15, 0.2) is 19.7 Å². The van der Waals surface area contributed by atoms with Crippen molar-refractivity contribution in [2.24, 2.45) is 0 Å². The second-order valence-corrected chi connectivity index (χ2v) is 12.2. The quantitative estimate of drug-likeness (QED) is 0.620. The Labute approximate surface area is 179 Å². The number of ether oxygens (including phenoxy) is 1. The molecule has 1 N–H and O–H groups in total. The number of methoxy groups -OCH3 is 1. The third kappa shape index (κ3) is 5.04. The first-order chi connectivity index (χ1) is 14.1. The van der Waals surface area contributed by atoms with E-state index in [1.165, 1.54) is 12.7 Å². The van der Waals surface area contributed by atoms with Gasteiger partial charge in [-0.25, -0.2) is 16.8 Å². The molecule has 0 bridgehead atoms. The van der Waals surface area contributed by atoms with E-state index in [4.69, 9.17) is 4.74 Å². The number of nitrogens with one attached hydrogen (secondary N) is 1. The molecule has 3 rings (SSSR count). The molecule has 0 aromatic heterocycles. The number of sulfone groups is 2. The van der Waals surface area contributed by atoms with Gasteiger partial charge in [-0.05, 0) is 62.1 Å². The van der Waals surface area contributed by atoms with Crippen LogP contribution in [0, 0.1) is 13.8 Å². The van der Waals surface area contributed by atoms with E-state index in [2.05, 4.69) is 5.32 Å². The van der Waals surface area contributed by atoms with Gasteiger partial charge in [-0.15, -0.1) is 0 Å². The van der Waals surface area contributed by atoms with Gasteiger partial charge in [0.1, 0.15) is 5.75 Å². The van der Waals surface area contributed by atoms with Crippen LogP contribution >= 0.6 is 0 Å². The zero-order valence-corrected chi connectivity index (χ0v) is 19.2. The van der Waals surface area contributed by atoms with Gasteiger partial charge in [-0.2, -0.15) is 0 Å². The maximum absolute atomic E-state index is 13.4. The fourth-order valence-corrected chi connectivity index (χ4v) is 9.02. The van der Waals surface area contributed by atoms with Crippen molar-refractivity contribution < 1.29 is 21.6 Å². The highest BCUT2D eigenvalue weighted by Gasteiger charge is 2.46. The molecule has 0 aliphatic carbocycles. The summed E-state index contributed by atoms with van der Waals surface area (Å²) >= 11 is 0. The molecule has 1 aliphatic heterocycles. The first-order valence-electron chi connectivity index (χ1n) is 10.0. The molecule has 164 valence electrons. The van der Waals surface area contributed by atoms with Crippen molar-refractivity contribution in [1.29, 1.82) is 0 Å². The van der Waals surface area contributed by atoms with E-state index in [0.29, 0.717) is 23.4 Å². The van der Waals surface area contributed by atoms with Gasteiger partial charge in [0, 0.05) is 6.04 Å². The van der Waals surface area contributed by atoms with Gasteiger partial charge in [0.2, 0.25) is 0 Å². The lowest BCUT2D eigenvalue weighted by molar-refractivity contribution is 0.411. The van der Waals surface area contributed by atoms with Gasteiger partial charge in [0.25, 0.3) is 0 Å². The second kappa shape index (κ2) is 9.08. The number of aryl methyl sites for hydroxylation is 3. The summed E-state index contributed by atoms with van der Waals surface area (Å²) < 4.78 is 56.7. The third-order valence-corrected chi connectivity index (χ3v) is 9.88. The van der Waals surface area contributed by atoms with Crippen LogP contribution in [0.5, 0.6) is 5.75 Å². The van der Waals surface area contributed by atoms with Crippen molar-refractivity contribution in [3.63, 3.8) is 0 Å². The van der Waals surface area contributed by atoms with E-state index in [1.54, 1.807) is 26.0 Å². The van der Waals surface area contributed by atoms with Crippen LogP contribution in [0.3, 0.4) is 0 Å². The average Bonchev–Trinajstić information content (AvgIpc) is 3.02. The molecule has 0 saturated carbocycles. The van der Waals surface area contributed by atoms with Crippen LogP contribution in [0.2, 0.25) is 0 Å². The minimum Gasteiger partial charge on any atom is -0.496 e. The highest BCUT2D eigenvalue weighted by atomic mass is 32.2. The van der Waals surface area contributed by atoms with Crippen LogP contribution in [0.4, 0.5) is 0 Å². The Morgan fingerprint density at radius 2 is 1.77 bits per heavy atom. The van der Waals surface area contributed by atoms with Gasteiger partial charge in [0.05, 0.1) is 28.8 Å². The Kier molecular flexibility index (Phi) is 6.89. The summed E-state index contributed by atoms with van der Waals surface area (Å²) in [4.78, 5) is 0.180. The lowest BCUT2D eigenvalue weighted by atomic mass is 10.1.